The number of halogens is 1. The molecule has 0 bridgehead atoms. The van der Waals surface area contributed by atoms with E-state index in [2.05, 4.69) is 24.5 Å². The van der Waals surface area contributed by atoms with Crippen LogP contribution in [0.4, 0.5) is 0 Å². The first-order valence-corrected chi connectivity index (χ1v) is 8.61. The van der Waals surface area contributed by atoms with Crippen LogP contribution in [-0.4, -0.2) is 21.4 Å². The number of carbonyl (C=O) groups excluding carboxylic acids is 1. The van der Waals surface area contributed by atoms with Gasteiger partial charge in [0.05, 0.1) is 6.54 Å². The van der Waals surface area contributed by atoms with Crippen LogP contribution in [0.1, 0.15) is 44.9 Å². The Bertz CT molecular complexity index is 650. The van der Waals surface area contributed by atoms with Crippen molar-refractivity contribution in [2.75, 3.05) is 0 Å². The topological polar surface area (TPSA) is 25.2 Å². The van der Waals surface area contributed by atoms with E-state index < -0.39 is 0 Å². The maximum Gasteiger partial charge on any atom is 0.222 e. The summed E-state index contributed by atoms with van der Waals surface area (Å²) in [6.07, 6.45) is 3.54. The molecule has 2 aromatic rings. The largest absolute Gasteiger partial charge is 0.345 e. The molecule has 0 radical (unpaired) electrons. The molecule has 1 amide bonds. The van der Waals surface area contributed by atoms with Crippen molar-refractivity contribution in [1.82, 2.24) is 9.47 Å². The molecule has 0 N–H and O–H groups in total. The zero-order chi connectivity index (χ0) is 16.8. The first-order chi connectivity index (χ1) is 11.1. The number of rotatable bonds is 7. The minimum absolute atomic E-state index is 0.199. The zero-order valence-electron chi connectivity index (χ0n) is 14.1. The van der Waals surface area contributed by atoms with Gasteiger partial charge < -0.3 is 9.47 Å². The van der Waals surface area contributed by atoms with Crippen LogP contribution < -0.4 is 0 Å². The molecule has 3 nitrogen and oxygen atoms in total. The monoisotopic (exact) mass is 332 g/mol. The van der Waals surface area contributed by atoms with Gasteiger partial charge in [-0.3, -0.25) is 4.79 Å². The Labute approximate surface area is 143 Å². The van der Waals surface area contributed by atoms with Crippen molar-refractivity contribution in [3.05, 3.63) is 58.9 Å². The number of hydrogen-bond donors (Lipinski definition) is 0. The summed E-state index contributed by atoms with van der Waals surface area (Å²) in [5, 5.41) is 0.774. The van der Waals surface area contributed by atoms with E-state index in [1.807, 2.05) is 48.4 Å². The fourth-order valence-electron chi connectivity index (χ4n) is 2.65. The van der Waals surface area contributed by atoms with Crippen molar-refractivity contribution in [3.8, 4) is 0 Å². The van der Waals surface area contributed by atoms with E-state index in [1.165, 1.54) is 0 Å². The highest BCUT2D eigenvalue weighted by molar-refractivity contribution is 6.31. The summed E-state index contributed by atoms with van der Waals surface area (Å²) in [6, 6.07) is 12.2. The molecule has 0 saturated heterocycles. The molecule has 4 heteroatoms. The molecule has 23 heavy (non-hydrogen) atoms. The third-order valence-electron chi connectivity index (χ3n) is 4.30. The fourth-order valence-corrected chi connectivity index (χ4v) is 2.84. The second-order valence-corrected chi connectivity index (χ2v) is 6.26. The summed E-state index contributed by atoms with van der Waals surface area (Å²) in [6.45, 7) is 7.49. The number of benzene rings is 1. The lowest BCUT2D eigenvalue weighted by atomic mass is 10.2. The van der Waals surface area contributed by atoms with Gasteiger partial charge in [-0.2, -0.15) is 0 Å². The number of aromatic nitrogens is 1. The van der Waals surface area contributed by atoms with Gasteiger partial charge in [0.15, 0.2) is 0 Å². The van der Waals surface area contributed by atoms with Gasteiger partial charge in [0.2, 0.25) is 5.91 Å². The Balaban J connectivity index is 2.19. The fraction of sp³-hybridized carbons (Fsp3) is 0.421. The van der Waals surface area contributed by atoms with Gasteiger partial charge in [-0.25, -0.2) is 0 Å². The lowest BCUT2D eigenvalue weighted by Crippen LogP contribution is -2.37. The number of carbonyl (C=O) groups is 1. The van der Waals surface area contributed by atoms with Crippen molar-refractivity contribution in [3.63, 3.8) is 0 Å². The van der Waals surface area contributed by atoms with Crippen LogP contribution in [0.5, 0.6) is 0 Å². The Morgan fingerprint density at radius 1 is 1.22 bits per heavy atom. The van der Waals surface area contributed by atoms with Crippen LogP contribution in [0.3, 0.4) is 0 Å². The zero-order valence-corrected chi connectivity index (χ0v) is 14.9. The smallest absolute Gasteiger partial charge is 0.222 e. The molecule has 0 spiro atoms. The maximum absolute atomic E-state index is 12.3. The first kappa shape index (κ1) is 17.6. The molecule has 1 unspecified atom stereocenters. The molecule has 0 fully saturated rings. The van der Waals surface area contributed by atoms with Crippen LogP contribution in [0.25, 0.3) is 0 Å². The molecule has 0 aliphatic heterocycles. The predicted octanol–water partition coefficient (Wildman–Crippen LogP) is 4.73. The number of nitrogens with zero attached hydrogens (tertiary/aromatic N) is 2. The molecule has 1 atom stereocenters. The molecule has 124 valence electrons. The molecular weight excluding hydrogens is 308 g/mol. The van der Waals surface area contributed by atoms with Crippen molar-refractivity contribution >= 4 is 17.5 Å². The SMILES string of the molecule is CCC(=O)N(Cc1cccn1Cc1ccccc1Cl)C(C)CC. The van der Waals surface area contributed by atoms with Crippen molar-refractivity contribution in [2.45, 2.75) is 52.7 Å². The molecular formula is C19H25ClN2O. The molecule has 0 aliphatic rings. The van der Waals surface area contributed by atoms with Crippen LogP contribution in [0.15, 0.2) is 42.6 Å². The van der Waals surface area contributed by atoms with E-state index in [1.54, 1.807) is 0 Å². The number of amides is 1. The summed E-state index contributed by atoms with van der Waals surface area (Å²) < 4.78 is 2.17. The molecule has 2 rings (SSSR count). The van der Waals surface area contributed by atoms with Gasteiger partial charge in [0, 0.05) is 35.9 Å². The van der Waals surface area contributed by atoms with Crippen molar-refractivity contribution in [2.24, 2.45) is 0 Å². The van der Waals surface area contributed by atoms with E-state index >= 15 is 0 Å². The van der Waals surface area contributed by atoms with Gasteiger partial charge in [0.25, 0.3) is 0 Å². The summed E-state index contributed by atoms with van der Waals surface area (Å²) in [7, 11) is 0. The second-order valence-electron chi connectivity index (χ2n) is 5.85. The summed E-state index contributed by atoms with van der Waals surface area (Å²) in [5.74, 6) is 0.199. The maximum atomic E-state index is 12.3. The number of hydrogen-bond acceptors (Lipinski definition) is 1. The quantitative estimate of drug-likeness (QED) is 0.719. The molecule has 1 aromatic carbocycles. The summed E-state index contributed by atoms with van der Waals surface area (Å²) in [4.78, 5) is 14.2. The van der Waals surface area contributed by atoms with Crippen LogP contribution in [0.2, 0.25) is 5.02 Å². The van der Waals surface area contributed by atoms with Gasteiger partial charge in [-0.1, -0.05) is 43.6 Å². The average molecular weight is 333 g/mol. The van der Waals surface area contributed by atoms with E-state index in [0.29, 0.717) is 13.0 Å². The highest BCUT2D eigenvalue weighted by atomic mass is 35.5. The molecule has 0 saturated carbocycles. The van der Waals surface area contributed by atoms with Gasteiger partial charge in [0.1, 0.15) is 0 Å². The highest BCUT2D eigenvalue weighted by Crippen LogP contribution is 2.19. The highest BCUT2D eigenvalue weighted by Gasteiger charge is 2.19. The molecule has 1 heterocycles. The lowest BCUT2D eigenvalue weighted by molar-refractivity contribution is -0.133. The molecule has 1 aromatic heterocycles. The van der Waals surface area contributed by atoms with E-state index in [4.69, 9.17) is 11.6 Å². The van der Waals surface area contributed by atoms with E-state index in [-0.39, 0.29) is 11.9 Å². The Morgan fingerprint density at radius 2 is 1.96 bits per heavy atom. The van der Waals surface area contributed by atoms with E-state index in [0.717, 1.165) is 29.2 Å². The third kappa shape index (κ3) is 4.38. The Hall–Kier alpha value is -1.74. The van der Waals surface area contributed by atoms with Crippen LogP contribution >= 0.6 is 11.6 Å². The Morgan fingerprint density at radius 3 is 2.61 bits per heavy atom. The summed E-state index contributed by atoms with van der Waals surface area (Å²) in [5.41, 5.74) is 2.22. The average Bonchev–Trinajstić information content (AvgIpc) is 3.00. The third-order valence-corrected chi connectivity index (χ3v) is 4.67. The minimum atomic E-state index is 0.199. The lowest BCUT2D eigenvalue weighted by Gasteiger charge is -2.29. The first-order valence-electron chi connectivity index (χ1n) is 8.23. The molecule has 0 aliphatic carbocycles. The van der Waals surface area contributed by atoms with E-state index in [9.17, 15) is 4.79 Å². The van der Waals surface area contributed by atoms with Crippen LogP contribution in [-0.2, 0) is 17.9 Å². The summed E-state index contributed by atoms with van der Waals surface area (Å²) >= 11 is 6.27. The van der Waals surface area contributed by atoms with Gasteiger partial charge in [-0.15, -0.1) is 0 Å². The van der Waals surface area contributed by atoms with Gasteiger partial charge >= 0.3 is 0 Å². The van der Waals surface area contributed by atoms with Crippen molar-refractivity contribution < 1.29 is 4.79 Å². The Kier molecular flexibility index (Phi) is 6.28. The predicted molar refractivity (Wildman–Crippen MR) is 95.6 cm³/mol. The minimum Gasteiger partial charge on any atom is -0.345 e. The standard InChI is InChI=1S/C19H25ClN2O/c1-4-15(3)22(19(23)5-2)14-17-10-8-12-21(17)13-16-9-6-7-11-18(16)20/h6-12,15H,4-5,13-14H2,1-3H3. The van der Waals surface area contributed by atoms with Crippen molar-refractivity contribution in [1.29, 1.82) is 0 Å². The second kappa shape index (κ2) is 8.21. The van der Waals surface area contributed by atoms with Gasteiger partial charge in [-0.05, 0) is 37.1 Å². The van der Waals surface area contributed by atoms with Crippen LogP contribution in [0, 0.1) is 0 Å². The normalized spacial score (nSPS) is 12.2.